The number of thiazole rings is 1. The van der Waals surface area contributed by atoms with Crippen LogP contribution in [0.4, 0.5) is 9.52 Å². The number of aromatic nitrogens is 1. The van der Waals surface area contributed by atoms with E-state index in [9.17, 15) is 9.18 Å². The normalized spacial score (nSPS) is 10.9. The lowest BCUT2D eigenvalue weighted by molar-refractivity contribution is 0.0979. The molecule has 0 aliphatic rings. The van der Waals surface area contributed by atoms with Crippen LogP contribution in [0.15, 0.2) is 59.2 Å². The fourth-order valence-electron chi connectivity index (χ4n) is 2.99. The number of carbonyl (C=O) groups excluding carboxylic acids is 1. The van der Waals surface area contributed by atoms with Crippen LogP contribution in [0, 0.1) is 5.82 Å². The fourth-order valence-corrected chi connectivity index (χ4v) is 3.98. The molecule has 2 aromatic heterocycles. The summed E-state index contributed by atoms with van der Waals surface area (Å²) in [6.07, 6.45) is 1.54. The topological polar surface area (TPSA) is 64.8 Å². The Bertz CT molecular complexity index is 1160. The monoisotopic (exact) mass is 412 g/mol. The summed E-state index contributed by atoms with van der Waals surface area (Å²) in [4.78, 5) is 19.5. The van der Waals surface area contributed by atoms with Crippen molar-refractivity contribution in [3.05, 3.63) is 71.9 Å². The van der Waals surface area contributed by atoms with Gasteiger partial charge in [0.1, 0.15) is 11.6 Å². The number of ether oxygens (including phenoxy) is 2. The van der Waals surface area contributed by atoms with Gasteiger partial charge in [0.25, 0.3) is 5.91 Å². The predicted octanol–water partition coefficient (Wildman–Crippen LogP) is 4.89. The number of anilines is 1. The van der Waals surface area contributed by atoms with E-state index in [-0.39, 0.29) is 18.3 Å². The Labute approximate surface area is 170 Å². The van der Waals surface area contributed by atoms with E-state index in [1.54, 1.807) is 36.4 Å². The molecule has 8 heteroatoms. The highest BCUT2D eigenvalue weighted by Crippen LogP contribution is 2.35. The molecule has 0 fully saturated rings. The van der Waals surface area contributed by atoms with Gasteiger partial charge in [0.2, 0.25) is 0 Å². The second-order valence-electron chi connectivity index (χ2n) is 6.12. The van der Waals surface area contributed by atoms with E-state index in [0.717, 1.165) is 0 Å². The molecule has 0 saturated heterocycles. The summed E-state index contributed by atoms with van der Waals surface area (Å²) in [7, 11) is 2.99. The number of carbonyl (C=O) groups is 1. The van der Waals surface area contributed by atoms with Crippen molar-refractivity contribution in [2.24, 2.45) is 0 Å². The highest BCUT2D eigenvalue weighted by Gasteiger charge is 2.26. The number of amides is 1. The largest absolute Gasteiger partial charge is 0.493 e. The third-order valence-corrected chi connectivity index (χ3v) is 5.38. The third kappa shape index (κ3) is 3.66. The second kappa shape index (κ2) is 7.92. The molecule has 0 atom stereocenters. The molecule has 0 bridgehead atoms. The molecule has 0 aliphatic carbocycles. The van der Waals surface area contributed by atoms with Gasteiger partial charge in [-0.1, -0.05) is 17.4 Å². The van der Waals surface area contributed by atoms with Crippen molar-refractivity contribution >= 4 is 32.6 Å². The number of para-hydroxylation sites is 1. The lowest BCUT2D eigenvalue weighted by Gasteiger charge is -2.20. The first-order valence-electron chi connectivity index (χ1n) is 8.72. The number of nitrogens with zero attached hydrogens (tertiary/aromatic N) is 2. The summed E-state index contributed by atoms with van der Waals surface area (Å²) in [6, 6.07) is 12.9. The average molecular weight is 412 g/mol. The molecule has 4 aromatic rings. The summed E-state index contributed by atoms with van der Waals surface area (Å²) in [5, 5.41) is 0.428. The number of hydrogen-bond donors (Lipinski definition) is 0. The maximum Gasteiger partial charge on any atom is 0.264 e. The van der Waals surface area contributed by atoms with Crippen LogP contribution >= 0.6 is 11.3 Å². The van der Waals surface area contributed by atoms with Crippen LogP contribution in [0.5, 0.6) is 11.5 Å². The van der Waals surface area contributed by atoms with Gasteiger partial charge in [0.05, 0.1) is 42.8 Å². The maximum atomic E-state index is 13.6. The Hall–Kier alpha value is -3.39. The minimum atomic E-state index is -0.355. The second-order valence-corrected chi connectivity index (χ2v) is 7.13. The van der Waals surface area contributed by atoms with Gasteiger partial charge in [-0.15, -0.1) is 0 Å². The Morgan fingerprint density at radius 3 is 2.76 bits per heavy atom. The van der Waals surface area contributed by atoms with Crippen LogP contribution in [-0.2, 0) is 6.54 Å². The predicted molar refractivity (Wildman–Crippen MR) is 108 cm³/mol. The molecule has 4 rings (SSSR count). The molecule has 2 heterocycles. The van der Waals surface area contributed by atoms with E-state index >= 15 is 0 Å². The highest BCUT2D eigenvalue weighted by atomic mass is 32.1. The molecular weight excluding hydrogens is 395 g/mol. The van der Waals surface area contributed by atoms with Crippen LogP contribution in [0.2, 0.25) is 0 Å². The smallest absolute Gasteiger partial charge is 0.264 e. The first-order chi connectivity index (χ1) is 14.1. The SMILES string of the molecule is COc1cccc(C(=O)N(Cc2ccco2)c2nc3ccc(F)cc3s2)c1OC. The Balaban J connectivity index is 1.81. The van der Waals surface area contributed by atoms with E-state index in [0.29, 0.717) is 38.2 Å². The summed E-state index contributed by atoms with van der Waals surface area (Å²) in [5.74, 6) is 0.674. The van der Waals surface area contributed by atoms with E-state index in [1.165, 1.54) is 48.9 Å². The number of fused-ring (bicyclic) bond motifs is 1. The Morgan fingerprint density at radius 1 is 1.17 bits per heavy atom. The first-order valence-corrected chi connectivity index (χ1v) is 9.53. The fraction of sp³-hybridized carbons (Fsp3) is 0.143. The highest BCUT2D eigenvalue weighted by molar-refractivity contribution is 7.22. The van der Waals surface area contributed by atoms with Crippen molar-refractivity contribution in [1.29, 1.82) is 0 Å². The summed E-state index contributed by atoms with van der Waals surface area (Å²) in [6.45, 7) is 0.161. The quantitative estimate of drug-likeness (QED) is 0.451. The Morgan fingerprint density at radius 2 is 2.03 bits per heavy atom. The van der Waals surface area contributed by atoms with E-state index in [1.807, 2.05) is 0 Å². The lowest BCUT2D eigenvalue weighted by atomic mass is 10.1. The van der Waals surface area contributed by atoms with E-state index in [4.69, 9.17) is 13.9 Å². The van der Waals surface area contributed by atoms with Crippen LogP contribution < -0.4 is 14.4 Å². The van der Waals surface area contributed by atoms with Gasteiger partial charge in [-0.3, -0.25) is 9.69 Å². The third-order valence-electron chi connectivity index (χ3n) is 4.34. The number of furan rings is 1. The van der Waals surface area contributed by atoms with Crippen molar-refractivity contribution in [3.8, 4) is 11.5 Å². The molecule has 2 aromatic carbocycles. The van der Waals surface area contributed by atoms with E-state index < -0.39 is 0 Å². The number of hydrogen-bond acceptors (Lipinski definition) is 6. The standard InChI is InChI=1S/C21H17FN2O4S/c1-26-17-7-3-6-15(19(17)27-2)20(25)24(12-14-5-4-10-28-14)21-23-16-9-8-13(22)11-18(16)29-21/h3-11H,12H2,1-2H3. The maximum absolute atomic E-state index is 13.6. The molecule has 29 heavy (non-hydrogen) atoms. The van der Waals surface area contributed by atoms with Crippen molar-refractivity contribution in [1.82, 2.24) is 4.98 Å². The zero-order valence-electron chi connectivity index (χ0n) is 15.7. The lowest BCUT2D eigenvalue weighted by Crippen LogP contribution is -2.30. The molecule has 0 aliphatic heterocycles. The van der Waals surface area contributed by atoms with Gasteiger partial charge in [-0.2, -0.15) is 0 Å². The van der Waals surface area contributed by atoms with Gasteiger partial charge in [0, 0.05) is 0 Å². The molecule has 0 saturated carbocycles. The molecule has 0 spiro atoms. The van der Waals surface area contributed by atoms with Gasteiger partial charge in [-0.25, -0.2) is 9.37 Å². The zero-order chi connectivity index (χ0) is 20.4. The molecule has 1 amide bonds. The van der Waals surface area contributed by atoms with Gasteiger partial charge < -0.3 is 13.9 Å². The molecule has 0 N–H and O–H groups in total. The number of methoxy groups -OCH3 is 2. The van der Waals surface area contributed by atoms with Gasteiger partial charge >= 0.3 is 0 Å². The van der Waals surface area contributed by atoms with Crippen LogP contribution in [0.25, 0.3) is 10.2 Å². The molecule has 6 nitrogen and oxygen atoms in total. The molecular formula is C21H17FN2O4S. The van der Waals surface area contributed by atoms with Crippen molar-refractivity contribution in [2.45, 2.75) is 6.54 Å². The molecule has 0 unspecified atom stereocenters. The minimum absolute atomic E-state index is 0.161. The van der Waals surface area contributed by atoms with Crippen LogP contribution in [0.3, 0.4) is 0 Å². The van der Waals surface area contributed by atoms with Crippen molar-refractivity contribution < 1.29 is 23.1 Å². The van der Waals surface area contributed by atoms with Crippen LogP contribution in [-0.4, -0.2) is 25.1 Å². The molecule has 148 valence electrons. The molecule has 0 radical (unpaired) electrons. The minimum Gasteiger partial charge on any atom is -0.493 e. The first kappa shape index (κ1) is 18.9. The average Bonchev–Trinajstić information content (AvgIpc) is 3.39. The number of halogens is 1. The van der Waals surface area contributed by atoms with Crippen LogP contribution in [0.1, 0.15) is 16.1 Å². The number of benzene rings is 2. The van der Waals surface area contributed by atoms with E-state index in [2.05, 4.69) is 4.98 Å². The van der Waals surface area contributed by atoms with Gasteiger partial charge in [0.15, 0.2) is 16.6 Å². The van der Waals surface area contributed by atoms with Crippen molar-refractivity contribution in [3.63, 3.8) is 0 Å². The summed E-state index contributed by atoms with van der Waals surface area (Å²) < 4.78 is 30.4. The summed E-state index contributed by atoms with van der Waals surface area (Å²) >= 11 is 1.23. The Kier molecular flexibility index (Phi) is 5.18. The summed E-state index contributed by atoms with van der Waals surface area (Å²) in [5.41, 5.74) is 0.935. The number of rotatable bonds is 6. The van der Waals surface area contributed by atoms with Gasteiger partial charge in [-0.05, 0) is 42.5 Å². The zero-order valence-corrected chi connectivity index (χ0v) is 16.5. The van der Waals surface area contributed by atoms with Crippen molar-refractivity contribution in [2.75, 3.05) is 19.1 Å².